The minimum Gasteiger partial charge on any atom is -0.326 e. The largest absolute Gasteiger partial charge is 0.326 e. The van der Waals surface area contributed by atoms with Crippen LogP contribution in [0.25, 0.3) is 0 Å². The summed E-state index contributed by atoms with van der Waals surface area (Å²) in [7, 11) is -3.66. The lowest BCUT2D eigenvalue weighted by Gasteiger charge is -2.36. The highest BCUT2D eigenvalue weighted by Crippen LogP contribution is 2.32. The Morgan fingerprint density at radius 2 is 1.83 bits per heavy atom. The van der Waals surface area contributed by atoms with Gasteiger partial charge < -0.3 is 5.32 Å². The molecule has 1 N–H and O–H groups in total. The van der Waals surface area contributed by atoms with Crippen molar-refractivity contribution in [2.45, 2.75) is 37.2 Å². The third kappa shape index (κ3) is 3.70. The molecule has 0 bridgehead atoms. The maximum atomic E-state index is 13.1. The molecule has 2 aliphatic heterocycles. The van der Waals surface area contributed by atoms with Crippen LogP contribution < -0.4 is 5.32 Å². The van der Waals surface area contributed by atoms with E-state index < -0.39 is 15.7 Å². The summed E-state index contributed by atoms with van der Waals surface area (Å²) in [5.74, 6) is -0.211. The number of aliphatic imine (C=N–C) groups is 1. The number of sulfonamides is 1. The van der Waals surface area contributed by atoms with E-state index in [4.69, 9.17) is 16.6 Å². The SMILES string of the molecule is Cc1cccc(C2=NC3(CCN(S(=O)(=O)c4cc(Cl)ccc4C)CC3)NC2=O)c1. The number of benzene rings is 2. The van der Waals surface area contributed by atoms with Crippen molar-refractivity contribution >= 4 is 33.2 Å². The van der Waals surface area contributed by atoms with Crippen LogP contribution >= 0.6 is 11.6 Å². The first-order chi connectivity index (χ1) is 13.7. The summed E-state index contributed by atoms with van der Waals surface area (Å²) in [6.07, 6.45) is 0.847. The molecule has 0 unspecified atom stereocenters. The monoisotopic (exact) mass is 431 g/mol. The van der Waals surface area contributed by atoms with Crippen LogP contribution in [0.5, 0.6) is 0 Å². The predicted octanol–water partition coefficient (Wildman–Crippen LogP) is 3.06. The van der Waals surface area contributed by atoms with Crippen LogP contribution in [0.3, 0.4) is 0 Å². The van der Waals surface area contributed by atoms with Crippen molar-refractivity contribution in [3.63, 3.8) is 0 Å². The van der Waals surface area contributed by atoms with E-state index in [1.165, 1.54) is 10.4 Å². The fraction of sp³-hybridized carbons (Fsp3) is 0.333. The molecule has 0 radical (unpaired) electrons. The lowest BCUT2D eigenvalue weighted by Crippen LogP contribution is -2.52. The van der Waals surface area contributed by atoms with E-state index >= 15 is 0 Å². The quantitative estimate of drug-likeness (QED) is 0.811. The molecule has 2 heterocycles. The van der Waals surface area contributed by atoms with Gasteiger partial charge in [-0.2, -0.15) is 4.31 Å². The lowest BCUT2D eigenvalue weighted by molar-refractivity contribution is -0.115. The van der Waals surface area contributed by atoms with Gasteiger partial charge in [-0.05, 0) is 37.6 Å². The molecule has 6 nitrogen and oxygen atoms in total. The fourth-order valence-corrected chi connectivity index (χ4v) is 5.80. The second kappa shape index (κ2) is 7.23. The Hall–Kier alpha value is -2.22. The Morgan fingerprint density at radius 3 is 2.52 bits per heavy atom. The Kier molecular flexibility index (Phi) is 5.01. The van der Waals surface area contributed by atoms with E-state index in [1.807, 2.05) is 31.2 Å². The molecular weight excluding hydrogens is 410 g/mol. The summed E-state index contributed by atoms with van der Waals surface area (Å²) < 4.78 is 27.6. The summed E-state index contributed by atoms with van der Waals surface area (Å²) in [4.78, 5) is 17.5. The summed E-state index contributed by atoms with van der Waals surface area (Å²) in [5.41, 5.74) is 2.16. The summed E-state index contributed by atoms with van der Waals surface area (Å²) in [5, 5.41) is 3.37. The topological polar surface area (TPSA) is 78.8 Å². The molecule has 1 amide bonds. The highest BCUT2D eigenvalue weighted by Gasteiger charge is 2.44. The van der Waals surface area contributed by atoms with Crippen molar-refractivity contribution < 1.29 is 13.2 Å². The molecule has 0 atom stereocenters. The smallest absolute Gasteiger partial charge is 0.272 e. The van der Waals surface area contributed by atoms with Gasteiger partial charge in [0.15, 0.2) is 0 Å². The zero-order valence-corrected chi connectivity index (χ0v) is 17.8. The lowest BCUT2D eigenvalue weighted by atomic mass is 10.00. The number of hydrogen-bond donors (Lipinski definition) is 1. The average Bonchev–Trinajstić information content (AvgIpc) is 3.00. The minimum atomic E-state index is -3.66. The maximum absolute atomic E-state index is 13.1. The van der Waals surface area contributed by atoms with Crippen LogP contribution in [-0.4, -0.2) is 43.1 Å². The van der Waals surface area contributed by atoms with E-state index in [0.717, 1.165) is 11.1 Å². The van der Waals surface area contributed by atoms with Crippen LogP contribution in [0.1, 0.15) is 29.5 Å². The molecule has 2 aromatic rings. The van der Waals surface area contributed by atoms with Crippen molar-refractivity contribution in [3.05, 3.63) is 64.2 Å². The molecule has 152 valence electrons. The Bertz CT molecular complexity index is 1120. The molecular formula is C21H22ClN3O3S. The zero-order chi connectivity index (χ0) is 20.8. The fourth-order valence-electron chi connectivity index (χ4n) is 3.88. The number of hydrogen-bond acceptors (Lipinski definition) is 4. The number of rotatable bonds is 3. The van der Waals surface area contributed by atoms with Crippen molar-refractivity contribution in [1.29, 1.82) is 0 Å². The van der Waals surface area contributed by atoms with E-state index in [-0.39, 0.29) is 23.9 Å². The van der Waals surface area contributed by atoms with Gasteiger partial charge in [0.05, 0.1) is 4.90 Å². The molecule has 0 saturated carbocycles. The Labute approximate surface area is 175 Å². The Morgan fingerprint density at radius 1 is 1.10 bits per heavy atom. The van der Waals surface area contributed by atoms with Crippen LogP contribution in [0, 0.1) is 13.8 Å². The number of piperidine rings is 1. The number of carbonyl (C=O) groups excluding carboxylic acids is 1. The van der Waals surface area contributed by atoms with Gasteiger partial charge in [0, 0.05) is 36.5 Å². The van der Waals surface area contributed by atoms with Crippen LogP contribution in [-0.2, 0) is 14.8 Å². The van der Waals surface area contributed by atoms with Crippen molar-refractivity contribution in [1.82, 2.24) is 9.62 Å². The van der Waals surface area contributed by atoms with Gasteiger partial charge in [-0.25, -0.2) is 8.42 Å². The van der Waals surface area contributed by atoms with Crippen molar-refractivity contribution in [3.8, 4) is 0 Å². The summed E-state index contributed by atoms with van der Waals surface area (Å²) in [6, 6.07) is 12.5. The van der Waals surface area contributed by atoms with Gasteiger partial charge >= 0.3 is 0 Å². The van der Waals surface area contributed by atoms with Gasteiger partial charge in [-0.15, -0.1) is 0 Å². The zero-order valence-electron chi connectivity index (χ0n) is 16.3. The number of aryl methyl sites for hydroxylation is 2. The van der Waals surface area contributed by atoms with Crippen molar-refractivity contribution in [2.24, 2.45) is 4.99 Å². The van der Waals surface area contributed by atoms with Crippen LogP contribution in [0.4, 0.5) is 0 Å². The average molecular weight is 432 g/mol. The molecule has 8 heteroatoms. The predicted molar refractivity (Wildman–Crippen MR) is 113 cm³/mol. The Balaban J connectivity index is 1.56. The van der Waals surface area contributed by atoms with Gasteiger partial charge in [0.1, 0.15) is 11.4 Å². The third-order valence-electron chi connectivity index (χ3n) is 5.50. The van der Waals surface area contributed by atoms with E-state index in [0.29, 0.717) is 29.1 Å². The van der Waals surface area contributed by atoms with E-state index in [9.17, 15) is 13.2 Å². The maximum Gasteiger partial charge on any atom is 0.272 e. The number of amides is 1. The molecule has 1 saturated heterocycles. The van der Waals surface area contributed by atoms with Gasteiger partial charge in [0.2, 0.25) is 10.0 Å². The minimum absolute atomic E-state index is 0.211. The van der Waals surface area contributed by atoms with Gasteiger partial charge in [0.25, 0.3) is 5.91 Å². The third-order valence-corrected chi connectivity index (χ3v) is 7.77. The standard InChI is InChI=1S/C21H22ClN3O3S/c1-14-4-3-5-16(12-14)19-20(26)24-21(23-19)8-10-25(11-9-21)29(27,28)18-13-17(22)7-6-15(18)2/h3-7,12-13H,8-11H2,1-2H3,(H,24,26). The summed E-state index contributed by atoms with van der Waals surface area (Å²) >= 11 is 6.01. The van der Waals surface area contributed by atoms with Crippen LogP contribution in [0.2, 0.25) is 5.02 Å². The first-order valence-electron chi connectivity index (χ1n) is 9.46. The first kappa shape index (κ1) is 20.1. The second-order valence-corrected chi connectivity index (χ2v) is 9.97. The molecule has 0 aliphatic carbocycles. The van der Waals surface area contributed by atoms with E-state index in [2.05, 4.69) is 5.32 Å². The molecule has 1 fully saturated rings. The molecule has 4 rings (SSSR count). The summed E-state index contributed by atoms with van der Waals surface area (Å²) in [6.45, 7) is 4.27. The van der Waals surface area contributed by atoms with Gasteiger partial charge in [-0.3, -0.25) is 9.79 Å². The van der Waals surface area contributed by atoms with Gasteiger partial charge in [-0.1, -0.05) is 41.4 Å². The van der Waals surface area contributed by atoms with Crippen LogP contribution in [0.15, 0.2) is 52.4 Å². The van der Waals surface area contributed by atoms with E-state index in [1.54, 1.807) is 19.1 Å². The molecule has 29 heavy (non-hydrogen) atoms. The molecule has 1 spiro atoms. The number of carbonyl (C=O) groups is 1. The molecule has 0 aromatic heterocycles. The molecule has 2 aliphatic rings. The second-order valence-electron chi connectivity index (χ2n) is 7.63. The van der Waals surface area contributed by atoms with Crippen molar-refractivity contribution in [2.75, 3.05) is 13.1 Å². The normalized spacial score (nSPS) is 19.3. The highest BCUT2D eigenvalue weighted by atomic mass is 35.5. The number of nitrogens with zero attached hydrogens (tertiary/aromatic N) is 2. The molecule has 2 aromatic carbocycles. The number of halogens is 1. The highest BCUT2D eigenvalue weighted by molar-refractivity contribution is 7.89. The first-order valence-corrected chi connectivity index (χ1v) is 11.3. The number of nitrogens with one attached hydrogen (secondary N) is 1.